The molecule has 202 valence electrons. The van der Waals surface area contributed by atoms with Crippen LogP contribution in [-0.2, 0) is 6.42 Å². The van der Waals surface area contributed by atoms with E-state index >= 15 is 0 Å². The lowest BCUT2D eigenvalue weighted by Crippen LogP contribution is -2.20. The van der Waals surface area contributed by atoms with E-state index in [1.165, 1.54) is 0 Å². The highest BCUT2D eigenvalue weighted by molar-refractivity contribution is 5.82. The summed E-state index contributed by atoms with van der Waals surface area (Å²) >= 11 is 0. The van der Waals surface area contributed by atoms with Crippen LogP contribution in [0, 0.1) is 0 Å². The standard InChI is InChI=1S/C32H45F2N3/c1-10-13-20-37(9)30(25(5)21-27(7)36-31(15-11-2)35-26(6)12-3)19-18-24(4)29-17-14-16-28(22-29)23-32(8,33)34/h11,14-19,22,36H,2,4,7,10,12-13,20-21,23H2,1,3,5-6,8-9H3/b19-18-,30-25-,31-15+,35-26+. The van der Waals surface area contributed by atoms with Crippen LogP contribution in [0.25, 0.3) is 5.57 Å². The van der Waals surface area contributed by atoms with E-state index in [9.17, 15) is 8.78 Å². The van der Waals surface area contributed by atoms with Gasteiger partial charge in [-0.1, -0.05) is 76.4 Å². The molecule has 0 atom stereocenters. The van der Waals surface area contributed by atoms with E-state index in [0.717, 1.165) is 72.4 Å². The average molecular weight is 510 g/mol. The number of allylic oxidation sites excluding steroid dienone is 6. The molecule has 1 N–H and O–H groups in total. The van der Waals surface area contributed by atoms with Crippen LogP contribution in [0.2, 0.25) is 0 Å². The number of nitrogens with one attached hydrogen (secondary N) is 1. The Kier molecular flexibility index (Phi) is 13.6. The van der Waals surface area contributed by atoms with Gasteiger partial charge in [0.2, 0.25) is 5.92 Å². The normalized spacial score (nSPS) is 13.4. The lowest BCUT2D eigenvalue weighted by molar-refractivity contribution is 0.0226. The van der Waals surface area contributed by atoms with Crippen LogP contribution in [0.4, 0.5) is 8.78 Å². The third-order valence-electron chi connectivity index (χ3n) is 5.83. The average Bonchev–Trinajstić information content (AvgIpc) is 2.81. The molecule has 0 unspecified atom stereocenters. The van der Waals surface area contributed by atoms with Gasteiger partial charge in [0.05, 0.1) is 0 Å². The molecule has 1 aromatic rings. The van der Waals surface area contributed by atoms with Crippen molar-refractivity contribution >= 4 is 11.3 Å². The summed E-state index contributed by atoms with van der Waals surface area (Å²) in [6, 6.07) is 7.22. The lowest BCUT2D eigenvalue weighted by Gasteiger charge is -2.24. The van der Waals surface area contributed by atoms with Crippen LogP contribution in [0.5, 0.6) is 0 Å². The molecule has 1 aromatic carbocycles. The van der Waals surface area contributed by atoms with Gasteiger partial charge in [-0.3, -0.25) is 0 Å². The highest BCUT2D eigenvalue weighted by Gasteiger charge is 2.21. The third kappa shape index (κ3) is 12.5. The molecule has 0 aromatic heterocycles. The first-order valence-electron chi connectivity index (χ1n) is 13.0. The Bertz CT molecular complexity index is 1050. The Labute approximate surface area is 223 Å². The number of rotatable bonds is 16. The predicted octanol–water partition coefficient (Wildman–Crippen LogP) is 8.85. The number of alkyl halides is 2. The van der Waals surface area contributed by atoms with Gasteiger partial charge in [-0.15, -0.1) is 0 Å². The summed E-state index contributed by atoms with van der Waals surface area (Å²) in [6.45, 7) is 22.4. The number of benzene rings is 1. The maximum Gasteiger partial charge on any atom is 0.249 e. The fourth-order valence-electron chi connectivity index (χ4n) is 3.77. The van der Waals surface area contributed by atoms with Crippen molar-refractivity contribution in [3.8, 4) is 0 Å². The van der Waals surface area contributed by atoms with Crippen molar-refractivity contribution in [1.29, 1.82) is 0 Å². The smallest absolute Gasteiger partial charge is 0.249 e. The molecule has 0 aliphatic heterocycles. The topological polar surface area (TPSA) is 27.6 Å². The molecular weight excluding hydrogens is 464 g/mol. The summed E-state index contributed by atoms with van der Waals surface area (Å²) < 4.78 is 27.0. The van der Waals surface area contributed by atoms with Crippen molar-refractivity contribution < 1.29 is 8.78 Å². The second-order valence-corrected chi connectivity index (χ2v) is 9.64. The van der Waals surface area contributed by atoms with Crippen molar-refractivity contribution in [3.63, 3.8) is 0 Å². The number of likely N-dealkylation sites (N-methyl/N-ethyl adjacent to an activating group) is 1. The molecule has 1 rings (SSSR count). The van der Waals surface area contributed by atoms with E-state index in [2.05, 4.69) is 68.8 Å². The minimum atomic E-state index is -2.75. The van der Waals surface area contributed by atoms with Crippen molar-refractivity contribution in [2.24, 2.45) is 4.99 Å². The number of nitrogens with zero attached hydrogens (tertiary/aromatic N) is 2. The zero-order valence-corrected chi connectivity index (χ0v) is 23.6. The van der Waals surface area contributed by atoms with Crippen molar-refractivity contribution in [2.45, 2.75) is 72.6 Å². The van der Waals surface area contributed by atoms with Crippen molar-refractivity contribution in [3.05, 3.63) is 102 Å². The summed E-state index contributed by atoms with van der Waals surface area (Å²) in [5.41, 5.74) is 6.28. The maximum atomic E-state index is 13.5. The first kappa shape index (κ1) is 31.8. The second kappa shape index (κ2) is 15.8. The van der Waals surface area contributed by atoms with E-state index in [1.54, 1.807) is 24.3 Å². The Hall–Kier alpha value is -3.21. The largest absolute Gasteiger partial charge is 0.375 e. The summed E-state index contributed by atoms with van der Waals surface area (Å²) in [6.07, 6.45) is 10.9. The van der Waals surface area contributed by atoms with E-state index in [4.69, 9.17) is 0 Å². The molecule has 0 fully saturated rings. The van der Waals surface area contributed by atoms with E-state index in [1.807, 2.05) is 25.1 Å². The molecule has 0 aliphatic carbocycles. The Morgan fingerprint density at radius 2 is 1.86 bits per heavy atom. The number of halogens is 2. The summed E-state index contributed by atoms with van der Waals surface area (Å²) in [5.74, 6) is -2.03. The first-order chi connectivity index (χ1) is 17.4. The fraction of sp³-hybridized carbons (Fsp3) is 0.406. The molecule has 0 heterocycles. The van der Waals surface area contributed by atoms with Gasteiger partial charge in [-0.2, -0.15) is 0 Å². The van der Waals surface area contributed by atoms with Gasteiger partial charge in [0.25, 0.3) is 0 Å². The Morgan fingerprint density at radius 1 is 1.16 bits per heavy atom. The molecule has 0 aliphatic rings. The van der Waals surface area contributed by atoms with Gasteiger partial charge in [0.1, 0.15) is 5.82 Å². The number of hydrogen-bond donors (Lipinski definition) is 1. The quantitative estimate of drug-likeness (QED) is 0.178. The van der Waals surface area contributed by atoms with Crippen LogP contribution in [-0.4, -0.2) is 30.1 Å². The highest BCUT2D eigenvalue weighted by atomic mass is 19.3. The van der Waals surface area contributed by atoms with Crippen molar-refractivity contribution in [2.75, 3.05) is 13.6 Å². The lowest BCUT2D eigenvalue weighted by atomic mass is 10.00. The van der Waals surface area contributed by atoms with Gasteiger partial charge in [-0.25, -0.2) is 13.8 Å². The SMILES string of the molecule is C=C/C=C(\N=C(/C)CC)NC(=C)C/C(C)=C(/C=C\C(=C)c1cccc(CC(C)(F)F)c1)N(C)CCCC. The number of aliphatic imine (C=N–C) groups is 1. The Morgan fingerprint density at radius 3 is 2.46 bits per heavy atom. The van der Waals surface area contributed by atoms with Gasteiger partial charge in [0.15, 0.2) is 0 Å². The molecule has 0 amide bonds. The molecule has 5 heteroatoms. The van der Waals surface area contributed by atoms with Crippen LogP contribution in [0.15, 0.2) is 96.1 Å². The second-order valence-electron chi connectivity index (χ2n) is 9.64. The van der Waals surface area contributed by atoms with Gasteiger partial charge < -0.3 is 10.2 Å². The summed E-state index contributed by atoms with van der Waals surface area (Å²) in [5, 5.41) is 3.32. The van der Waals surface area contributed by atoms with Crippen LogP contribution >= 0.6 is 0 Å². The van der Waals surface area contributed by atoms with Crippen LogP contribution in [0.3, 0.4) is 0 Å². The molecule has 0 saturated heterocycles. The summed E-state index contributed by atoms with van der Waals surface area (Å²) in [4.78, 5) is 6.85. The fourth-order valence-corrected chi connectivity index (χ4v) is 3.77. The van der Waals surface area contributed by atoms with E-state index in [0.29, 0.717) is 12.0 Å². The Balaban J connectivity index is 3.18. The first-order valence-corrected chi connectivity index (χ1v) is 13.0. The van der Waals surface area contributed by atoms with Gasteiger partial charge in [-0.05, 0) is 68.0 Å². The number of hydrogen-bond acceptors (Lipinski definition) is 3. The molecule has 0 saturated carbocycles. The molecule has 0 radical (unpaired) electrons. The predicted molar refractivity (Wildman–Crippen MR) is 158 cm³/mol. The molecule has 37 heavy (non-hydrogen) atoms. The molecule has 0 bridgehead atoms. The zero-order chi connectivity index (χ0) is 28.0. The minimum Gasteiger partial charge on any atom is -0.375 e. The highest BCUT2D eigenvalue weighted by Crippen LogP contribution is 2.24. The van der Waals surface area contributed by atoms with Crippen molar-refractivity contribution in [1.82, 2.24) is 10.2 Å². The summed E-state index contributed by atoms with van der Waals surface area (Å²) in [7, 11) is 2.08. The third-order valence-corrected chi connectivity index (χ3v) is 5.83. The van der Waals surface area contributed by atoms with E-state index < -0.39 is 5.92 Å². The minimum absolute atomic E-state index is 0.291. The maximum absolute atomic E-state index is 13.5. The van der Waals surface area contributed by atoms with Gasteiger partial charge in [0, 0.05) is 43.5 Å². The molecule has 3 nitrogen and oxygen atoms in total. The molecule has 0 spiro atoms. The van der Waals surface area contributed by atoms with Gasteiger partial charge >= 0.3 is 0 Å². The zero-order valence-electron chi connectivity index (χ0n) is 23.6. The monoisotopic (exact) mass is 509 g/mol. The van der Waals surface area contributed by atoms with Crippen LogP contribution < -0.4 is 5.32 Å². The van der Waals surface area contributed by atoms with Crippen LogP contribution in [0.1, 0.15) is 71.4 Å². The number of unbranched alkanes of at least 4 members (excludes halogenated alkanes) is 1. The molecular formula is C32H45F2N3. The van der Waals surface area contributed by atoms with E-state index in [-0.39, 0.29) is 6.42 Å².